The number of nitrogens with zero attached hydrogens (tertiary/aromatic N) is 4. The molecule has 2 aromatic heterocycles. The first kappa shape index (κ1) is 12.9. The number of hydrogen-bond acceptors (Lipinski definition) is 5. The normalized spacial score (nSPS) is 24.1. The summed E-state index contributed by atoms with van der Waals surface area (Å²) in [6.07, 6.45) is 11.0. The Morgan fingerprint density at radius 3 is 2.81 bits per heavy atom. The van der Waals surface area contributed by atoms with E-state index in [9.17, 15) is 0 Å². The molecule has 21 heavy (non-hydrogen) atoms. The lowest BCUT2D eigenvalue weighted by Crippen LogP contribution is -2.47. The molecule has 6 heteroatoms. The Hall–Kier alpha value is -1.85. The summed E-state index contributed by atoms with van der Waals surface area (Å²) in [5.74, 6) is 1.11. The van der Waals surface area contributed by atoms with Crippen LogP contribution in [-0.4, -0.2) is 25.6 Å². The highest BCUT2D eigenvalue weighted by atomic mass is 15.2. The maximum absolute atomic E-state index is 5.87. The number of fused-ring (bicyclic) bond motifs is 1. The standard InChI is InChI=1S/C15H22N6/c1-21-9-17-11-12(19-14(16)20-13(11)21)18-10-5-2-3-6-15(10)7-4-8-15/h9-10H,2-8H2,1H3,(H3,16,18,19,20). The summed E-state index contributed by atoms with van der Waals surface area (Å²) < 4.78 is 1.89. The van der Waals surface area contributed by atoms with Gasteiger partial charge in [0.05, 0.1) is 6.33 Å². The van der Waals surface area contributed by atoms with E-state index in [1.807, 2.05) is 11.6 Å². The van der Waals surface area contributed by atoms with Crippen molar-refractivity contribution in [3.8, 4) is 0 Å². The molecule has 0 bridgehead atoms. The van der Waals surface area contributed by atoms with Crippen LogP contribution in [0.3, 0.4) is 0 Å². The molecule has 3 N–H and O–H groups in total. The van der Waals surface area contributed by atoms with E-state index in [1.165, 1.54) is 44.9 Å². The Morgan fingerprint density at radius 1 is 1.24 bits per heavy atom. The quantitative estimate of drug-likeness (QED) is 0.886. The zero-order valence-corrected chi connectivity index (χ0v) is 12.5. The molecule has 2 fully saturated rings. The molecule has 2 saturated carbocycles. The molecule has 0 aromatic carbocycles. The number of nitrogens with two attached hydrogens (primary N) is 1. The topological polar surface area (TPSA) is 81.7 Å². The summed E-state index contributed by atoms with van der Waals surface area (Å²) in [6, 6.07) is 0.500. The van der Waals surface area contributed by atoms with Gasteiger partial charge >= 0.3 is 0 Å². The first-order chi connectivity index (χ1) is 10.2. The van der Waals surface area contributed by atoms with Crippen molar-refractivity contribution in [3.05, 3.63) is 6.33 Å². The molecule has 0 amide bonds. The van der Waals surface area contributed by atoms with Crippen LogP contribution in [0.2, 0.25) is 0 Å². The van der Waals surface area contributed by atoms with Crippen LogP contribution in [0.25, 0.3) is 11.2 Å². The molecule has 0 aliphatic heterocycles. The van der Waals surface area contributed by atoms with Gasteiger partial charge in [0.15, 0.2) is 17.0 Å². The van der Waals surface area contributed by atoms with E-state index < -0.39 is 0 Å². The van der Waals surface area contributed by atoms with Gasteiger partial charge in [0, 0.05) is 13.1 Å². The molecular weight excluding hydrogens is 264 g/mol. The number of nitrogens with one attached hydrogen (secondary N) is 1. The van der Waals surface area contributed by atoms with Gasteiger partial charge < -0.3 is 15.6 Å². The molecule has 0 radical (unpaired) electrons. The first-order valence-electron chi connectivity index (χ1n) is 7.89. The molecule has 2 aromatic rings. The highest BCUT2D eigenvalue weighted by Crippen LogP contribution is 2.52. The van der Waals surface area contributed by atoms with E-state index in [1.54, 1.807) is 6.33 Å². The molecule has 2 aliphatic rings. The van der Waals surface area contributed by atoms with E-state index in [0.717, 1.165) is 17.0 Å². The van der Waals surface area contributed by atoms with Gasteiger partial charge in [0.25, 0.3) is 0 Å². The lowest BCUT2D eigenvalue weighted by atomic mass is 9.58. The van der Waals surface area contributed by atoms with Crippen molar-refractivity contribution < 1.29 is 0 Å². The number of aryl methyl sites for hydroxylation is 1. The maximum Gasteiger partial charge on any atom is 0.224 e. The third-order valence-corrected chi connectivity index (χ3v) is 5.39. The van der Waals surface area contributed by atoms with Gasteiger partial charge in [-0.05, 0) is 31.1 Å². The first-order valence-corrected chi connectivity index (χ1v) is 7.89. The minimum atomic E-state index is 0.312. The van der Waals surface area contributed by atoms with Crippen LogP contribution in [0.1, 0.15) is 44.9 Å². The summed E-state index contributed by atoms with van der Waals surface area (Å²) >= 11 is 0. The van der Waals surface area contributed by atoms with Crippen molar-refractivity contribution in [2.75, 3.05) is 11.1 Å². The third kappa shape index (κ3) is 1.96. The zero-order valence-electron chi connectivity index (χ0n) is 12.5. The van der Waals surface area contributed by atoms with Gasteiger partial charge in [-0.1, -0.05) is 19.3 Å². The predicted molar refractivity (Wildman–Crippen MR) is 82.9 cm³/mol. The predicted octanol–water partition coefficient (Wildman–Crippen LogP) is 2.47. The van der Waals surface area contributed by atoms with Crippen LogP contribution in [-0.2, 0) is 7.05 Å². The molecule has 112 valence electrons. The number of rotatable bonds is 2. The van der Waals surface area contributed by atoms with Crippen molar-refractivity contribution >= 4 is 22.9 Å². The summed E-state index contributed by atoms with van der Waals surface area (Å²) in [4.78, 5) is 13.1. The van der Waals surface area contributed by atoms with E-state index in [0.29, 0.717) is 17.4 Å². The molecule has 1 spiro atoms. The Morgan fingerprint density at radius 2 is 2.05 bits per heavy atom. The molecule has 0 saturated heterocycles. The van der Waals surface area contributed by atoms with E-state index in [-0.39, 0.29) is 0 Å². The summed E-state index contributed by atoms with van der Waals surface area (Å²) in [7, 11) is 1.93. The molecule has 1 atom stereocenters. The second-order valence-corrected chi connectivity index (χ2v) is 6.62. The van der Waals surface area contributed by atoms with Gasteiger partial charge in [-0.25, -0.2) is 4.98 Å². The zero-order chi connectivity index (χ0) is 14.4. The second kappa shape index (κ2) is 4.58. The van der Waals surface area contributed by atoms with Crippen molar-refractivity contribution in [2.45, 2.75) is 51.0 Å². The van der Waals surface area contributed by atoms with Gasteiger partial charge in [-0.3, -0.25) is 0 Å². The Bertz CT molecular complexity index is 672. The average molecular weight is 286 g/mol. The van der Waals surface area contributed by atoms with Crippen molar-refractivity contribution in [2.24, 2.45) is 12.5 Å². The van der Waals surface area contributed by atoms with Crippen molar-refractivity contribution in [1.29, 1.82) is 0 Å². The van der Waals surface area contributed by atoms with E-state index >= 15 is 0 Å². The smallest absolute Gasteiger partial charge is 0.224 e. The van der Waals surface area contributed by atoms with Gasteiger partial charge in [0.2, 0.25) is 5.95 Å². The fourth-order valence-electron chi connectivity index (χ4n) is 4.05. The van der Waals surface area contributed by atoms with Gasteiger partial charge in [0.1, 0.15) is 0 Å². The van der Waals surface area contributed by atoms with Gasteiger partial charge in [-0.2, -0.15) is 9.97 Å². The second-order valence-electron chi connectivity index (χ2n) is 6.62. The van der Waals surface area contributed by atoms with Crippen LogP contribution in [0.15, 0.2) is 6.33 Å². The Kier molecular flexibility index (Phi) is 2.80. The SMILES string of the molecule is Cn1cnc2c(NC3CCCCC34CCC4)nc(N)nc21. The summed E-state index contributed by atoms with van der Waals surface area (Å²) in [5, 5.41) is 3.66. The number of nitrogen functional groups attached to an aromatic ring is 1. The largest absolute Gasteiger partial charge is 0.368 e. The van der Waals surface area contributed by atoms with Crippen molar-refractivity contribution in [3.63, 3.8) is 0 Å². The Labute approximate surface area is 124 Å². The molecule has 1 unspecified atom stereocenters. The Balaban J connectivity index is 1.70. The third-order valence-electron chi connectivity index (χ3n) is 5.39. The lowest BCUT2D eigenvalue weighted by molar-refractivity contribution is 0.0611. The average Bonchev–Trinajstić information content (AvgIpc) is 2.79. The minimum absolute atomic E-state index is 0.312. The molecule has 4 rings (SSSR count). The van der Waals surface area contributed by atoms with Crippen LogP contribution in [0.5, 0.6) is 0 Å². The highest BCUT2D eigenvalue weighted by Gasteiger charge is 2.45. The van der Waals surface area contributed by atoms with Crippen LogP contribution < -0.4 is 11.1 Å². The minimum Gasteiger partial charge on any atom is -0.368 e. The number of anilines is 2. The van der Waals surface area contributed by atoms with Gasteiger partial charge in [-0.15, -0.1) is 0 Å². The van der Waals surface area contributed by atoms with E-state index in [4.69, 9.17) is 5.73 Å². The van der Waals surface area contributed by atoms with Crippen molar-refractivity contribution in [1.82, 2.24) is 19.5 Å². The molecule has 2 aliphatic carbocycles. The molecule has 6 nitrogen and oxygen atoms in total. The monoisotopic (exact) mass is 286 g/mol. The van der Waals surface area contributed by atoms with E-state index in [2.05, 4.69) is 20.3 Å². The summed E-state index contributed by atoms with van der Waals surface area (Å²) in [5.41, 5.74) is 7.97. The molecule has 2 heterocycles. The van der Waals surface area contributed by atoms with Crippen LogP contribution >= 0.6 is 0 Å². The van der Waals surface area contributed by atoms with Crippen LogP contribution in [0.4, 0.5) is 11.8 Å². The van der Waals surface area contributed by atoms with Crippen LogP contribution in [0, 0.1) is 5.41 Å². The maximum atomic E-state index is 5.87. The molecular formula is C15H22N6. The fourth-order valence-corrected chi connectivity index (χ4v) is 4.05. The highest BCUT2D eigenvalue weighted by molar-refractivity contribution is 5.84. The number of hydrogen-bond donors (Lipinski definition) is 2. The fraction of sp³-hybridized carbons (Fsp3) is 0.667. The number of aromatic nitrogens is 4. The lowest BCUT2D eigenvalue weighted by Gasteiger charge is -2.51. The summed E-state index contributed by atoms with van der Waals surface area (Å²) in [6.45, 7) is 0. The number of imidazole rings is 1.